The van der Waals surface area contributed by atoms with Crippen molar-refractivity contribution in [2.24, 2.45) is 0 Å². The van der Waals surface area contributed by atoms with E-state index in [2.05, 4.69) is 0 Å². The molecule has 0 aliphatic carbocycles. The van der Waals surface area contributed by atoms with E-state index in [-0.39, 0.29) is 12.3 Å². The van der Waals surface area contributed by atoms with E-state index in [1.165, 1.54) is 6.07 Å². The Kier molecular flexibility index (Phi) is 5.35. The molecule has 0 radical (unpaired) electrons. The molecule has 17 heavy (non-hydrogen) atoms. The molecule has 0 aliphatic heterocycles. The predicted octanol–water partition coefficient (Wildman–Crippen LogP) is 2.59. The topological polar surface area (TPSA) is 20.3 Å². The van der Waals surface area contributed by atoms with Crippen LogP contribution >= 0.6 is 11.6 Å². The molecule has 1 amide bonds. The van der Waals surface area contributed by atoms with Gasteiger partial charge < -0.3 is 4.90 Å². The van der Waals surface area contributed by atoms with Crippen LogP contribution in [-0.2, 0) is 11.2 Å². The highest BCUT2D eigenvalue weighted by Crippen LogP contribution is 2.10. The van der Waals surface area contributed by atoms with Crippen LogP contribution in [0.3, 0.4) is 0 Å². The van der Waals surface area contributed by atoms with E-state index in [9.17, 15) is 13.6 Å². The van der Waals surface area contributed by atoms with Gasteiger partial charge in [0, 0.05) is 19.0 Å². The monoisotopic (exact) mass is 261 g/mol. The lowest BCUT2D eigenvalue weighted by Gasteiger charge is -2.19. The van der Waals surface area contributed by atoms with E-state index in [0.29, 0.717) is 24.5 Å². The number of rotatable bonds is 5. The summed E-state index contributed by atoms with van der Waals surface area (Å²) in [6.07, 6.45) is 0.0575. The van der Waals surface area contributed by atoms with Gasteiger partial charge in [0.15, 0.2) is 11.6 Å². The molecule has 5 heteroatoms. The predicted molar refractivity (Wildman–Crippen MR) is 63.0 cm³/mol. The van der Waals surface area contributed by atoms with Gasteiger partial charge in [-0.1, -0.05) is 6.07 Å². The first kappa shape index (κ1) is 13.9. The number of halogens is 3. The fourth-order valence-electron chi connectivity index (χ4n) is 1.50. The molecular weight excluding hydrogens is 248 g/mol. The van der Waals surface area contributed by atoms with Gasteiger partial charge in [-0.15, -0.1) is 11.6 Å². The Bertz CT molecular complexity index is 398. The summed E-state index contributed by atoms with van der Waals surface area (Å²) < 4.78 is 25.6. The van der Waals surface area contributed by atoms with Gasteiger partial charge in [0.2, 0.25) is 5.91 Å². The number of carbonyl (C=O) groups is 1. The van der Waals surface area contributed by atoms with Crippen LogP contribution in [-0.4, -0.2) is 29.8 Å². The normalized spacial score (nSPS) is 10.4. The van der Waals surface area contributed by atoms with Crippen LogP contribution in [0.25, 0.3) is 0 Å². The first-order valence-corrected chi connectivity index (χ1v) is 5.89. The Balaban J connectivity index is 2.69. The van der Waals surface area contributed by atoms with E-state index in [1.807, 2.05) is 6.92 Å². The molecule has 0 atom stereocenters. The Labute approximate surface area is 104 Å². The zero-order valence-electron chi connectivity index (χ0n) is 9.55. The first-order valence-electron chi connectivity index (χ1n) is 5.36. The molecule has 0 heterocycles. The lowest BCUT2D eigenvalue weighted by atomic mass is 10.1. The maximum absolute atomic E-state index is 12.9. The number of carbonyl (C=O) groups excluding carboxylic acids is 1. The van der Waals surface area contributed by atoms with Crippen LogP contribution in [0.1, 0.15) is 12.5 Å². The summed E-state index contributed by atoms with van der Waals surface area (Å²) in [6, 6.07) is 3.47. The minimum Gasteiger partial charge on any atom is -0.341 e. The number of hydrogen-bond acceptors (Lipinski definition) is 1. The minimum absolute atomic E-state index is 0.0575. The number of amides is 1. The van der Waals surface area contributed by atoms with Gasteiger partial charge in [-0.05, 0) is 24.6 Å². The maximum Gasteiger partial charge on any atom is 0.227 e. The molecule has 0 saturated heterocycles. The molecule has 0 bridgehead atoms. The van der Waals surface area contributed by atoms with Crippen molar-refractivity contribution in [2.75, 3.05) is 19.0 Å². The van der Waals surface area contributed by atoms with Gasteiger partial charge in [0.1, 0.15) is 0 Å². The summed E-state index contributed by atoms with van der Waals surface area (Å²) in [6.45, 7) is 2.85. The number of nitrogens with zero attached hydrogens (tertiary/aromatic N) is 1. The first-order chi connectivity index (χ1) is 8.08. The molecule has 0 N–H and O–H groups in total. The molecule has 0 aromatic heterocycles. The van der Waals surface area contributed by atoms with Crippen LogP contribution in [0.4, 0.5) is 8.78 Å². The summed E-state index contributed by atoms with van der Waals surface area (Å²) in [5.74, 6) is -1.62. The maximum atomic E-state index is 12.9. The number of hydrogen-bond donors (Lipinski definition) is 0. The van der Waals surface area contributed by atoms with E-state index in [4.69, 9.17) is 11.6 Å². The lowest BCUT2D eigenvalue weighted by Crippen LogP contribution is -2.33. The highest BCUT2D eigenvalue weighted by Gasteiger charge is 2.12. The second-order valence-electron chi connectivity index (χ2n) is 3.59. The Hall–Kier alpha value is -1.16. The van der Waals surface area contributed by atoms with Gasteiger partial charge in [-0.2, -0.15) is 0 Å². The van der Waals surface area contributed by atoms with E-state index >= 15 is 0 Å². The zero-order valence-corrected chi connectivity index (χ0v) is 10.3. The molecule has 0 unspecified atom stereocenters. The average molecular weight is 262 g/mol. The number of alkyl halides is 1. The molecule has 0 aliphatic rings. The van der Waals surface area contributed by atoms with Crippen molar-refractivity contribution in [2.45, 2.75) is 13.3 Å². The van der Waals surface area contributed by atoms with Crippen LogP contribution in [0.2, 0.25) is 0 Å². The highest BCUT2D eigenvalue weighted by atomic mass is 35.5. The van der Waals surface area contributed by atoms with Crippen molar-refractivity contribution in [1.29, 1.82) is 0 Å². The summed E-state index contributed by atoms with van der Waals surface area (Å²) in [7, 11) is 0. The fraction of sp³-hybridized carbons (Fsp3) is 0.417. The Morgan fingerprint density at radius 3 is 2.59 bits per heavy atom. The van der Waals surface area contributed by atoms with Crippen molar-refractivity contribution >= 4 is 17.5 Å². The zero-order chi connectivity index (χ0) is 12.8. The van der Waals surface area contributed by atoms with Gasteiger partial charge in [-0.3, -0.25) is 4.79 Å². The summed E-state index contributed by atoms with van der Waals surface area (Å²) >= 11 is 5.56. The van der Waals surface area contributed by atoms with E-state index < -0.39 is 11.6 Å². The molecule has 94 valence electrons. The third kappa shape index (κ3) is 3.97. The largest absolute Gasteiger partial charge is 0.341 e. The summed E-state index contributed by atoms with van der Waals surface area (Å²) in [5.41, 5.74) is 0.460. The smallest absolute Gasteiger partial charge is 0.227 e. The molecule has 1 rings (SSSR count). The number of benzene rings is 1. The number of likely N-dealkylation sites (N-methyl/N-ethyl adjacent to an activating group) is 1. The third-order valence-corrected chi connectivity index (χ3v) is 2.60. The SMILES string of the molecule is CCN(CCCl)C(=O)Cc1ccc(F)c(F)c1. The molecule has 1 aromatic rings. The van der Waals surface area contributed by atoms with Crippen LogP contribution < -0.4 is 0 Å². The van der Waals surface area contributed by atoms with Crippen LogP contribution in [0.15, 0.2) is 18.2 Å². The van der Waals surface area contributed by atoms with Crippen LogP contribution in [0.5, 0.6) is 0 Å². The van der Waals surface area contributed by atoms with Crippen molar-refractivity contribution in [3.63, 3.8) is 0 Å². The van der Waals surface area contributed by atoms with Gasteiger partial charge in [-0.25, -0.2) is 8.78 Å². The minimum atomic E-state index is -0.935. The molecule has 0 saturated carbocycles. The van der Waals surface area contributed by atoms with Crippen molar-refractivity contribution in [3.8, 4) is 0 Å². The molecule has 2 nitrogen and oxygen atoms in total. The average Bonchev–Trinajstić information content (AvgIpc) is 2.30. The quantitative estimate of drug-likeness (QED) is 0.746. The third-order valence-electron chi connectivity index (χ3n) is 2.43. The van der Waals surface area contributed by atoms with Crippen molar-refractivity contribution < 1.29 is 13.6 Å². The van der Waals surface area contributed by atoms with Gasteiger partial charge in [0.05, 0.1) is 6.42 Å². The molecule has 1 aromatic carbocycles. The highest BCUT2D eigenvalue weighted by molar-refractivity contribution is 6.18. The van der Waals surface area contributed by atoms with Gasteiger partial charge in [0.25, 0.3) is 0 Å². The Morgan fingerprint density at radius 2 is 2.06 bits per heavy atom. The molecule has 0 fully saturated rings. The summed E-state index contributed by atoms with van der Waals surface area (Å²) in [4.78, 5) is 13.4. The second-order valence-corrected chi connectivity index (χ2v) is 3.97. The van der Waals surface area contributed by atoms with Crippen LogP contribution in [0, 0.1) is 11.6 Å². The molecule has 0 spiro atoms. The standard InChI is InChI=1S/C12H14ClF2NO/c1-2-16(6-5-13)12(17)8-9-3-4-10(14)11(15)7-9/h3-4,7H,2,5-6,8H2,1H3. The Morgan fingerprint density at radius 1 is 1.35 bits per heavy atom. The second kappa shape index (κ2) is 6.55. The van der Waals surface area contributed by atoms with E-state index in [0.717, 1.165) is 12.1 Å². The van der Waals surface area contributed by atoms with Crippen molar-refractivity contribution in [1.82, 2.24) is 4.90 Å². The van der Waals surface area contributed by atoms with E-state index in [1.54, 1.807) is 4.90 Å². The fourth-order valence-corrected chi connectivity index (χ4v) is 1.70. The lowest BCUT2D eigenvalue weighted by molar-refractivity contribution is -0.130. The summed E-state index contributed by atoms with van der Waals surface area (Å²) in [5, 5.41) is 0. The van der Waals surface area contributed by atoms with Gasteiger partial charge >= 0.3 is 0 Å². The molecular formula is C12H14ClF2NO. The van der Waals surface area contributed by atoms with Crippen molar-refractivity contribution in [3.05, 3.63) is 35.4 Å².